The maximum absolute atomic E-state index is 13.6. The van der Waals surface area contributed by atoms with Crippen molar-refractivity contribution < 1.29 is 32.5 Å². The van der Waals surface area contributed by atoms with Crippen LogP contribution in [-0.2, 0) is 23.9 Å². The third-order valence-electron chi connectivity index (χ3n) is 6.98. The number of carboxylic acid groups (broad SMARTS) is 1. The second kappa shape index (κ2) is 17.1. The fraction of sp³-hybridized carbons (Fsp3) is 0.265. The minimum Gasteiger partial charge on any atom is -0.493 e. The molecule has 0 heterocycles. The van der Waals surface area contributed by atoms with Crippen LogP contribution in [0.15, 0.2) is 103 Å². The van der Waals surface area contributed by atoms with E-state index >= 15 is 0 Å². The van der Waals surface area contributed by atoms with Crippen molar-refractivity contribution in [3.63, 3.8) is 0 Å². The first-order chi connectivity index (χ1) is 21.1. The number of benzene rings is 4. The van der Waals surface area contributed by atoms with Crippen molar-refractivity contribution in [2.24, 2.45) is 5.92 Å². The zero-order chi connectivity index (χ0) is 32.1. The van der Waals surface area contributed by atoms with Crippen molar-refractivity contribution >= 4 is 29.4 Å². The molecule has 0 aliphatic carbocycles. The second-order valence-electron chi connectivity index (χ2n) is 10.5. The SMILES string of the molecule is C[C@@H](COc1cccc(CC(=O)O)c1)CN(Cc1cccc(C(F)(F)F)c1Cl)CC(c1ccccc1)c1ccccc1.OCl. The quantitative estimate of drug-likeness (QED) is 0.152. The summed E-state index contributed by atoms with van der Waals surface area (Å²) in [6.45, 7) is 3.64. The maximum atomic E-state index is 13.6. The molecule has 0 bridgehead atoms. The largest absolute Gasteiger partial charge is 0.493 e. The van der Waals surface area contributed by atoms with E-state index in [2.05, 4.69) is 41.0 Å². The molecule has 0 spiro atoms. The van der Waals surface area contributed by atoms with Crippen LogP contribution in [0.25, 0.3) is 0 Å². The monoisotopic (exact) mass is 647 g/mol. The first-order valence-electron chi connectivity index (χ1n) is 13.9. The minimum atomic E-state index is -4.55. The molecule has 0 aromatic heterocycles. The molecule has 1 atom stereocenters. The molecule has 10 heteroatoms. The summed E-state index contributed by atoms with van der Waals surface area (Å²) in [4.78, 5) is 13.2. The third-order valence-corrected chi connectivity index (χ3v) is 7.43. The van der Waals surface area contributed by atoms with E-state index in [0.29, 0.717) is 36.6 Å². The van der Waals surface area contributed by atoms with Crippen LogP contribution in [0.5, 0.6) is 5.75 Å². The molecule has 4 rings (SSSR count). The zero-order valence-corrected chi connectivity index (χ0v) is 25.6. The standard InChI is InChI=1S/C34H33ClF3NO3.ClHO/c1-24(23-42-29-16-8-10-25(18-29)19-32(40)41)20-39(21-28-15-9-17-31(33(28)35)34(36,37)38)22-30(26-11-4-2-5-12-26)27-13-6-3-7-14-27;1-2/h2-18,24,30H,19-23H2,1H3,(H,40,41);2H/t24-;/m1./s1. The van der Waals surface area contributed by atoms with Crippen LogP contribution in [-0.4, -0.2) is 40.3 Å². The van der Waals surface area contributed by atoms with E-state index in [9.17, 15) is 18.0 Å². The van der Waals surface area contributed by atoms with Crippen molar-refractivity contribution in [3.05, 3.63) is 136 Å². The average molecular weight is 649 g/mol. The number of nitrogens with zero attached hydrogens (tertiary/aromatic N) is 1. The van der Waals surface area contributed by atoms with Gasteiger partial charge in [0.1, 0.15) is 5.75 Å². The molecule has 5 nitrogen and oxygen atoms in total. The molecule has 0 saturated carbocycles. The van der Waals surface area contributed by atoms with Crippen LogP contribution >= 0.6 is 23.5 Å². The Hall–Kier alpha value is -3.56. The third kappa shape index (κ3) is 10.6. The Labute approximate surface area is 265 Å². The summed E-state index contributed by atoms with van der Waals surface area (Å²) in [5.74, 6) is -0.391. The van der Waals surface area contributed by atoms with Gasteiger partial charge in [-0.1, -0.05) is 103 Å². The average Bonchev–Trinajstić information content (AvgIpc) is 3.01. The highest BCUT2D eigenvalue weighted by Crippen LogP contribution is 2.37. The molecule has 0 aliphatic heterocycles. The molecule has 0 fully saturated rings. The lowest BCUT2D eigenvalue weighted by Crippen LogP contribution is -2.34. The summed E-state index contributed by atoms with van der Waals surface area (Å²) in [6, 6.07) is 31.1. The van der Waals surface area contributed by atoms with Crippen LogP contribution in [0.4, 0.5) is 13.2 Å². The molecule has 0 saturated heterocycles. The van der Waals surface area contributed by atoms with E-state index in [4.69, 9.17) is 26.1 Å². The maximum Gasteiger partial charge on any atom is 0.417 e. The van der Waals surface area contributed by atoms with E-state index in [1.807, 2.05) is 43.3 Å². The van der Waals surface area contributed by atoms with Crippen LogP contribution in [0, 0.1) is 5.92 Å². The van der Waals surface area contributed by atoms with Gasteiger partial charge < -0.3 is 9.84 Å². The number of rotatable bonds is 13. The molecule has 234 valence electrons. The molecule has 0 radical (unpaired) electrons. The Morgan fingerprint density at radius 1 is 0.864 bits per heavy atom. The van der Waals surface area contributed by atoms with Gasteiger partial charge in [-0.05, 0) is 40.5 Å². The van der Waals surface area contributed by atoms with E-state index in [1.54, 1.807) is 30.3 Å². The summed E-state index contributed by atoms with van der Waals surface area (Å²) in [5, 5.41) is 8.81. The topological polar surface area (TPSA) is 70.0 Å². The predicted molar refractivity (Wildman–Crippen MR) is 167 cm³/mol. The first-order valence-corrected chi connectivity index (χ1v) is 14.6. The molecule has 0 aliphatic rings. The molecular formula is C34H34Cl2F3NO4. The summed E-state index contributed by atoms with van der Waals surface area (Å²) in [6.07, 6.45) is -4.65. The summed E-state index contributed by atoms with van der Waals surface area (Å²) in [5.41, 5.74) is 2.40. The first kappa shape index (κ1) is 34.9. The Balaban J connectivity index is 0.00000259. The zero-order valence-electron chi connectivity index (χ0n) is 24.1. The highest BCUT2D eigenvalue weighted by molar-refractivity contribution is 6.32. The number of hydrogen-bond donors (Lipinski definition) is 2. The van der Waals surface area contributed by atoms with Gasteiger partial charge in [-0.2, -0.15) is 13.2 Å². The molecule has 44 heavy (non-hydrogen) atoms. The van der Waals surface area contributed by atoms with Crippen LogP contribution in [0.3, 0.4) is 0 Å². The van der Waals surface area contributed by atoms with Crippen molar-refractivity contribution in [2.75, 3.05) is 19.7 Å². The van der Waals surface area contributed by atoms with Crippen LogP contribution in [0.1, 0.15) is 40.7 Å². The highest BCUT2D eigenvalue weighted by atomic mass is 35.5. The van der Waals surface area contributed by atoms with Crippen molar-refractivity contribution in [2.45, 2.75) is 32.0 Å². The summed E-state index contributed by atoms with van der Waals surface area (Å²) >= 11 is 9.96. The molecule has 4 aromatic rings. The molecule has 0 amide bonds. The number of carboxylic acids is 1. The van der Waals surface area contributed by atoms with Gasteiger partial charge >= 0.3 is 12.1 Å². The van der Waals surface area contributed by atoms with Crippen molar-refractivity contribution in [1.82, 2.24) is 4.90 Å². The number of carbonyl (C=O) groups is 1. The molecule has 4 aromatic carbocycles. The smallest absolute Gasteiger partial charge is 0.417 e. The van der Waals surface area contributed by atoms with Gasteiger partial charge in [-0.25, -0.2) is 0 Å². The molecular weight excluding hydrogens is 614 g/mol. The van der Waals surface area contributed by atoms with Gasteiger partial charge in [0.05, 0.1) is 35.5 Å². The lowest BCUT2D eigenvalue weighted by molar-refractivity contribution is -0.138. The summed E-state index contributed by atoms with van der Waals surface area (Å²) < 4.78 is 53.4. The van der Waals surface area contributed by atoms with Gasteiger partial charge in [0, 0.05) is 31.5 Å². The highest BCUT2D eigenvalue weighted by Gasteiger charge is 2.34. The predicted octanol–water partition coefficient (Wildman–Crippen LogP) is 8.47. The van der Waals surface area contributed by atoms with Crippen molar-refractivity contribution in [3.8, 4) is 5.75 Å². The number of aliphatic carboxylic acids is 1. The number of alkyl halides is 3. The fourth-order valence-corrected chi connectivity index (χ4v) is 5.34. The fourth-order valence-electron chi connectivity index (χ4n) is 5.05. The second-order valence-corrected chi connectivity index (χ2v) is 10.9. The van der Waals surface area contributed by atoms with Crippen molar-refractivity contribution in [1.29, 1.82) is 0 Å². The van der Waals surface area contributed by atoms with Gasteiger partial charge in [0.25, 0.3) is 0 Å². The Morgan fingerprint density at radius 3 is 2.02 bits per heavy atom. The number of hydrogen-bond acceptors (Lipinski definition) is 4. The van der Waals surface area contributed by atoms with Gasteiger partial charge in [-0.15, -0.1) is 0 Å². The summed E-state index contributed by atoms with van der Waals surface area (Å²) in [7, 11) is 0. The van der Waals surface area contributed by atoms with E-state index in [-0.39, 0.29) is 29.8 Å². The van der Waals surface area contributed by atoms with Crippen LogP contribution in [0.2, 0.25) is 5.02 Å². The van der Waals surface area contributed by atoms with Gasteiger partial charge in [-0.3, -0.25) is 14.4 Å². The number of ether oxygens (including phenoxy) is 1. The van der Waals surface area contributed by atoms with Crippen LogP contribution < -0.4 is 4.74 Å². The van der Waals surface area contributed by atoms with E-state index < -0.39 is 17.7 Å². The van der Waals surface area contributed by atoms with E-state index in [1.165, 1.54) is 6.07 Å². The Morgan fingerprint density at radius 2 is 1.45 bits per heavy atom. The molecule has 0 unspecified atom stereocenters. The lowest BCUT2D eigenvalue weighted by Gasteiger charge is -2.31. The Bertz CT molecular complexity index is 1420. The number of halogens is 5. The van der Waals surface area contributed by atoms with E-state index in [0.717, 1.165) is 17.2 Å². The van der Waals surface area contributed by atoms with Gasteiger partial charge in [0.2, 0.25) is 0 Å². The molecule has 2 N–H and O–H groups in total. The lowest BCUT2D eigenvalue weighted by atomic mass is 9.90. The Kier molecular flexibility index (Phi) is 13.5. The normalized spacial score (nSPS) is 12.0. The minimum absolute atomic E-state index is 0.00935. The van der Waals surface area contributed by atoms with Gasteiger partial charge in [0.15, 0.2) is 0 Å².